The first-order valence-electron chi connectivity index (χ1n) is 8.13. The second kappa shape index (κ2) is 9.06. The third-order valence-electron chi connectivity index (χ3n) is 4.25. The quantitative estimate of drug-likeness (QED) is 0.531. The van der Waals surface area contributed by atoms with Crippen molar-refractivity contribution in [1.29, 1.82) is 0 Å². The van der Waals surface area contributed by atoms with Gasteiger partial charge in [0.05, 0.1) is 31.5 Å². The number of aliphatic hydroxyl groups is 2. The van der Waals surface area contributed by atoms with Crippen LogP contribution in [0.5, 0.6) is 0 Å². The summed E-state index contributed by atoms with van der Waals surface area (Å²) in [5.41, 5.74) is -0.273. The lowest BCUT2D eigenvalue weighted by Gasteiger charge is -2.40. The molecule has 0 spiro atoms. The largest absolute Gasteiger partial charge is 0.389 e. The van der Waals surface area contributed by atoms with Crippen LogP contribution in [0.4, 0.5) is 0 Å². The summed E-state index contributed by atoms with van der Waals surface area (Å²) in [6.07, 6.45) is 3.21. The smallest absolute Gasteiger partial charge is 0.0897 e. The standard InChI is InChI=1S/C16H33NO4/c1-4-20-9-10-21-12-14(18)11-17-13-16(19)7-5-15(2,3)6-8-16/h14,17-19H,4-13H2,1-3H3. The molecule has 5 nitrogen and oxygen atoms in total. The zero-order valence-electron chi connectivity index (χ0n) is 13.9. The number of aliphatic hydroxyl groups excluding tert-OH is 1. The minimum Gasteiger partial charge on any atom is -0.389 e. The molecule has 0 aliphatic heterocycles. The maximum atomic E-state index is 10.5. The van der Waals surface area contributed by atoms with Crippen LogP contribution in [0.3, 0.4) is 0 Å². The van der Waals surface area contributed by atoms with E-state index in [0.29, 0.717) is 44.9 Å². The van der Waals surface area contributed by atoms with E-state index in [2.05, 4.69) is 19.2 Å². The van der Waals surface area contributed by atoms with Gasteiger partial charge >= 0.3 is 0 Å². The maximum Gasteiger partial charge on any atom is 0.0897 e. The minimum atomic E-state index is -0.620. The molecule has 0 aromatic carbocycles. The summed E-state index contributed by atoms with van der Waals surface area (Å²) < 4.78 is 10.5. The lowest BCUT2D eigenvalue weighted by Crippen LogP contribution is -2.47. The molecule has 1 aliphatic rings. The highest BCUT2D eigenvalue weighted by Gasteiger charge is 2.36. The molecule has 0 aromatic heterocycles. The van der Waals surface area contributed by atoms with Crippen molar-refractivity contribution in [2.75, 3.05) is 39.5 Å². The highest BCUT2D eigenvalue weighted by Crippen LogP contribution is 2.39. The molecule has 1 saturated carbocycles. The van der Waals surface area contributed by atoms with E-state index in [0.717, 1.165) is 25.7 Å². The van der Waals surface area contributed by atoms with E-state index in [1.165, 1.54) is 0 Å². The average molecular weight is 303 g/mol. The molecule has 5 heteroatoms. The van der Waals surface area contributed by atoms with Crippen LogP contribution in [-0.4, -0.2) is 61.4 Å². The molecule has 1 aliphatic carbocycles. The summed E-state index contributed by atoms with van der Waals surface area (Å²) in [4.78, 5) is 0. The van der Waals surface area contributed by atoms with Crippen molar-refractivity contribution >= 4 is 0 Å². The molecule has 1 fully saturated rings. The fourth-order valence-electron chi connectivity index (χ4n) is 2.58. The third-order valence-corrected chi connectivity index (χ3v) is 4.25. The predicted octanol–water partition coefficient (Wildman–Crippen LogP) is 1.32. The van der Waals surface area contributed by atoms with Crippen LogP contribution in [0.1, 0.15) is 46.5 Å². The Hall–Kier alpha value is -0.200. The summed E-state index contributed by atoms with van der Waals surface area (Å²) in [6, 6.07) is 0. The fraction of sp³-hybridized carbons (Fsp3) is 1.00. The number of nitrogens with one attached hydrogen (secondary N) is 1. The van der Waals surface area contributed by atoms with Crippen LogP contribution in [0.2, 0.25) is 0 Å². The fourth-order valence-corrected chi connectivity index (χ4v) is 2.58. The lowest BCUT2D eigenvalue weighted by molar-refractivity contribution is -0.0292. The molecule has 1 atom stereocenters. The van der Waals surface area contributed by atoms with Gasteiger partial charge in [-0.05, 0) is 38.0 Å². The van der Waals surface area contributed by atoms with E-state index in [4.69, 9.17) is 9.47 Å². The Bertz CT molecular complexity index is 273. The van der Waals surface area contributed by atoms with Gasteiger partial charge in [0.25, 0.3) is 0 Å². The van der Waals surface area contributed by atoms with Crippen LogP contribution in [0.25, 0.3) is 0 Å². The number of hydrogen-bond donors (Lipinski definition) is 3. The normalized spacial score (nSPS) is 22.1. The second-order valence-corrected chi connectivity index (χ2v) is 6.95. The first kappa shape index (κ1) is 18.8. The second-order valence-electron chi connectivity index (χ2n) is 6.95. The van der Waals surface area contributed by atoms with Crippen molar-refractivity contribution in [3.63, 3.8) is 0 Å². The SMILES string of the molecule is CCOCCOCC(O)CNCC1(O)CCC(C)(C)CC1. The Morgan fingerprint density at radius 3 is 2.33 bits per heavy atom. The van der Waals surface area contributed by atoms with Crippen molar-refractivity contribution in [3.05, 3.63) is 0 Å². The van der Waals surface area contributed by atoms with Gasteiger partial charge in [0.2, 0.25) is 0 Å². The Balaban J connectivity index is 2.07. The molecule has 21 heavy (non-hydrogen) atoms. The summed E-state index contributed by atoms with van der Waals surface area (Å²) in [7, 11) is 0. The molecule has 0 aromatic rings. The first-order chi connectivity index (χ1) is 9.87. The van der Waals surface area contributed by atoms with Crippen molar-refractivity contribution in [2.24, 2.45) is 5.41 Å². The predicted molar refractivity (Wildman–Crippen MR) is 83.4 cm³/mol. The molecule has 0 saturated heterocycles. The van der Waals surface area contributed by atoms with Gasteiger partial charge in [-0.15, -0.1) is 0 Å². The Morgan fingerprint density at radius 1 is 1.10 bits per heavy atom. The van der Waals surface area contributed by atoms with Crippen molar-refractivity contribution in [2.45, 2.75) is 58.2 Å². The van der Waals surface area contributed by atoms with Crippen LogP contribution in [0, 0.1) is 5.41 Å². The monoisotopic (exact) mass is 303 g/mol. The summed E-state index contributed by atoms with van der Waals surface area (Å²) in [5.74, 6) is 0. The molecule has 1 unspecified atom stereocenters. The average Bonchev–Trinajstić information content (AvgIpc) is 2.43. The minimum absolute atomic E-state index is 0.297. The lowest BCUT2D eigenvalue weighted by atomic mass is 9.71. The molecule has 3 N–H and O–H groups in total. The molecule has 0 heterocycles. The molecule has 0 radical (unpaired) electrons. The van der Waals surface area contributed by atoms with Crippen LogP contribution < -0.4 is 5.32 Å². The zero-order valence-corrected chi connectivity index (χ0v) is 13.9. The maximum absolute atomic E-state index is 10.5. The first-order valence-corrected chi connectivity index (χ1v) is 8.13. The van der Waals surface area contributed by atoms with E-state index < -0.39 is 11.7 Å². The van der Waals surface area contributed by atoms with Gasteiger partial charge in [-0.25, -0.2) is 0 Å². The summed E-state index contributed by atoms with van der Waals surface area (Å²) in [6.45, 7) is 9.48. The number of hydrogen-bond acceptors (Lipinski definition) is 5. The topological polar surface area (TPSA) is 71.0 Å². The van der Waals surface area contributed by atoms with Crippen LogP contribution in [0.15, 0.2) is 0 Å². The van der Waals surface area contributed by atoms with Gasteiger partial charge in [0.15, 0.2) is 0 Å². The van der Waals surface area contributed by atoms with Gasteiger partial charge in [-0.2, -0.15) is 0 Å². The summed E-state index contributed by atoms with van der Waals surface area (Å²) >= 11 is 0. The van der Waals surface area contributed by atoms with Crippen LogP contribution in [-0.2, 0) is 9.47 Å². The van der Waals surface area contributed by atoms with E-state index in [1.54, 1.807) is 0 Å². The van der Waals surface area contributed by atoms with Crippen molar-refractivity contribution < 1.29 is 19.7 Å². The number of rotatable bonds is 10. The van der Waals surface area contributed by atoms with E-state index in [-0.39, 0.29) is 0 Å². The van der Waals surface area contributed by atoms with Gasteiger partial charge < -0.3 is 25.0 Å². The molecule has 0 amide bonds. The summed E-state index contributed by atoms with van der Waals surface area (Å²) in [5, 5.41) is 23.5. The van der Waals surface area contributed by atoms with Crippen molar-refractivity contribution in [1.82, 2.24) is 5.32 Å². The van der Waals surface area contributed by atoms with E-state index >= 15 is 0 Å². The van der Waals surface area contributed by atoms with Gasteiger partial charge in [0, 0.05) is 19.7 Å². The molecular weight excluding hydrogens is 270 g/mol. The van der Waals surface area contributed by atoms with Crippen LogP contribution >= 0.6 is 0 Å². The van der Waals surface area contributed by atoms with Gasteiger partial charge in [-0.3, -0.25) is 0 Å². The molecule has 126 valence electrons. The Labute approximate surface area is 129 Å². The van der Waals surface area contributed by atoms with Gasteiger partial charge in [-0.1, -0.05) is 13.8 Å². The number of ether oxygens (including phenoxy) is 2. The highest BCUT2D eigenvalue weighted by atomic mass is 16.5. The third kappa shape index (κ3) is 8.12. The highest BCUT2D eigenvalue weighted by molar-refractivity contribution is 4.90. The van der Waals surface area contributed by atoms with Crippen molar-refractivity contribution in [3.8, 4) is 0 Å². The Morgan fingerprint density at radius 2 is 1.71 bits per heavy atom. The van der Waals surface area contributed by atoms with E-state index in [9.17, 15) is 10.2 Å². The Kier molecular flexibility index (Phi) is 8.13. The van der Waals surface area contributed by atoms with E-state index in [1.807, 2.05) is 6.92 Å². The molecule has 0 bridgehead atoms. The molecular formula is C16H33NO4. The van der Waals surface area contributed by atoms with Gasteiger partial charge in [0.1, 0.15) is 0 Å². The zero-order chi connectivity index (χ0) is 15.8. The molecule has 1 rings (SSSR count).